The molecule has 0 aromatic heterocycles. The van der Waals surface area contributed by atoms with Crippen molar-refractivity contribution in [3.05, 3.63) is 34.9 Å². The van der Waals surface area contributed by atoms with Gasteiger partial charge >= 0.3 is 0 Å². The monoisotopic (exact) mass is 337 g/mol. The van der Waals surface area contributed by atoms with Crippen molar-refractivity contribution in [3.8, 4) is 0 Å². The Kier molecular flexibility index (Phi) is 6.45. The SMILES string of the molecule is CCCC(C)(N)C(=O)NCC(c1cccc(Cl)c1)N1CCCC1. The molecule has 0 bridgehead atoms. The van der Waals surface area contributed by atoms with Gasteiger partial charge in [0.1, 0.15) is 0 Å². The summed E-state index contributed by atoms with van der Waals surface area (Å²) in [5.74, 6) is -0.0782. The first-order valence-electron chi connectivity index (χ1n) is 8.50. The van der Waals surface area contributed by atoms with Gasteiger partial charge in [-0.3, -0.25) is 9.69 Å². The van der Waals surface area contributed by atoms with Gasteiger partial charge in [0.05, 0.1) is 11.6 Å². The van der Waals surface area contributed by atoms with Crippen LogP contribution in [-0.4, -0.2) is 36.0 Å². The lowest BCUT2D eigenvalue weighted by molar-refractivity contribution is -0.126. The standard InChI is InChI=1S/C18H28ClN3O/c1-3-9-18(2,20)17(23)21-13-16(22-10-4-5-11-22)14-7-6-8-15(19)12-14/h6-8,12,16H,3-5,9-11,13,20H2,1-2H3,(H,21,23). The van der Waals surface area contributed by atoms with Crippen molar-refractivity contribution in [2.45, 2.75) is 51.1 Å². The lowest BCUT2D eigenvalue weighted by Crippen LogP contribution is -2.53. The molecule has 1 saturated heterocycles. The van der Waals surface area contributed by atoms with Gasteiger partial charge in [0, 0.05) is 11.6 Å². The Balaban J connectivity index is 2.08. The number of nitrogens with two attached hydrogens (primary N) is 1. The number of carbonyl (C=O) groups is 1. The van der Waals surface area contributed by atoms with E-state index in [1.54, 1.807) is 6.92 Å². The van der Waals surface area contributed by atoms with Crippen LogP contribution >= 0.6 is 11.6 Å². The quantitative estimate of drug-likeness (QED) is 0.803. The zero-order valence-electron chi connectivity index (χ0n) is 14.1. The predicted molar refractivity (Wildman–Crippen MR) is 95.5 cm³/mol. The van der Waals surface area contributed by atoms with E-state index in [1.807, 2.05) is 25.1 Å². The highest BCUT2D eigenvalue weighted by molar-refractivity contribution is 6.30. The number of halogens is 1. The number of nitrogens with one attached hydrogen (secondary N) is 1. The highest BCUT2D eigenvalue weighted by Gasteiger charge is 2.29. The molecule has 1 aromatic carbocycles. The molecule has 0 saturated carbocycles. The van der Waals surface area contributed by atoms with Gasteiger partial charge in [-0.1, -0.05) is 37.1 Å². The largest absolute Gasteiger partial charge is 0.353 e. The topological polar surface area (TPSA) is 58.4 Å². The van der Waals surface area contributed by atoms with Crippen molar-refractivity contribution in [1.29, 1.82) is 0 Å². The van der Waals surface area contributed by atoms with E-state index in [0.29, 0.717) is 13.0 Å². The molecule has 0 spiro atoms. The highest BCUT2D eigenvalue weighted by Crippen LogP contribution is 2.26. The smallest absolute Gasteiger partial charge is 0.239 e. The Morgan fingerprint density at radius 1 is 1.43 bits per heavy atom. The Labute approximate surface area is 144 Å². The maximum atomic E-state index is 12.4. The van der Waals surface area contributed by atoms with E-state index < -0.39 is 5.54 Å². The summed E-state index contributed by atoms with van der Waals surface area (Å²) in [6, 6.07) is 8.06. The van der Waals surface area contributed by atoms with Crippen LogP contribution in [0.5, 0.6) is 0 Å². The molecule has 2 rings (SSSR count). The van der Waals surface area contributed by atoms with Crippen molar-refractivity contribution in [2.75, 3.05) is 19.6 Å². The summed E-state index contributed by atoms with van der Waals surface area (Å²) in [5, 5.41) is 3.78. The van der Waals surface area contributed by atoms with Crippen LogP contribution in [0.3, 0.4) is 0 Å². The lowest BCUT2D eigenvalue weighted by Gasteiger charge is -2.30. The van der Waals surface area contributed by atoms with Gasteiger partial charge in [0.2, 0.25) is 5.91 Å². The maximum absolute atomic E-state index is 12.4. The van der Waals surface area contributed by atoms with E-state index in [4.69, 9.17) is 17.3 Å². The first-order valence-corrected chi connectivity index (χ1v) is 8.88. The molecule has 0 aliphatic carbocycles. The summed E-state index contributed by atoms with van der Waals surface area (Å²) < 4.78 is 0. The molecule has 1 fully saturated rings. The number of amides is 1. The third kappa shape index (κ3) is 4.93. The summed E-state index contributed by atoms with van der Waals surface area (Å²) in [5.41, 5.74) is 6.47. The molecule has 4 nitrogen and oxygen atoms in total. The fourth-order valence-corrected chi connectivity index (χ4v) is 3.45. The van der Waals surface area contributed by atoms with Crippen LogP contribution in [0, 0.1) is 0 Å². The van der Waals surface area contributed by atoms with Gasteiger partial charge in [-0.2, -0.15) is 0 Å². The van der Waals surface area contributed by atoms with E-state index >= 15 is 0 Å². The number of benzene rings is 1. The molecular weight excluding hydrogens is 310 g/mol. The van der Waals surface area contributed by atoms with Crippen LogP contribution in [0.1, 0.15) is 51.1 Å². The summed E-state index contributed by atoms with van der Waals surface area (Å²) in [6.45, 7) is 6.52. The first kappa shape index (κ1) is 18.2. The number of likely N-dealkylation sites (tertiary alicyclic amines) is 1. The molecule has 1 heterocycles. The van der Waals surface area contributed by atoms with Crippen LogP contribution in [0.15, 0.2) is 24.3 Å². The zero-order valence-corrected chi connectivity index (χ0v) is 14.9. The van der Waals surface area contributed by atoms with Gasteiger partial charge < -0.3 is 11.1 Å². The van der Waals surface area contributed by atoms with Crippen LogP contribution in [0.25, 0.3) is 0 Å². The minimum Gasteiger partial charge on any atom is -0.353 e. The molecule has 1 aliphatic rings. The Morgan fingerprint density at radius 3 is 2.74 bits per heavy atom. The molecular formula is C18H28ClN3O. The molecule has 3 N–H and O–H groups in total. The number of hydrogen-bond donors (Lipinski definition) is 2. The van der Waals surface area contributed by atoms with Gasteiger partial charge in [-0.15, -0.1) is 0 Å². The number of hydrogen-bond acceptors (Lipinski definition) is 3. The van der Waals surface area contributed by atoms with Crippen LogP contribution in [0.4, 0.5) is 0 Å². The molecule has 1 amide bonds. The van der Waals surface area contributed by atoms with E-state index in [9.17, 15) is 4.79 Å². The lowest BCUT2D eigenvalue weighted by atomic mass is 9.96. The molecule has 2 atom stereocenters. The summed E-state index contributed by atoms with van der Waals surface area (Å²) in [7, 11) is 0. The zero-order chi connectivity index (χ0) is 16.9. The van der Waals surface area contributed by atoms with Crippen molar-refractivity contribution in [3.63, 3.8) is 0 Å². The second kappa shape index (κ2) is 8.13. The second-order valence-electron chi connectivity index (χ2n) is 6.69. The van der Waals surface area contributed by atoms with Crippen molar-refractivity contribution < 1.29 is 4.79 Å². The Morgan fingerprint density at radius 2 is 2.13 bits per heavy atom. The van der Waals surface area contributed by atoms with Crippen molar-refractivity contribution in [2.24, 2.45) is 5.73 Å². The molecule has 1 aromatic rings. The summed E-state index contributed by atoms with van der Waals surface area (Å²) >= 11 is 6.15. The molecule has 2 unspecified atom stereocenters. The summed E-state index contributed by atoms with van der Waals surface area (Å²) in [4.78, 5) is 14.8. The number of rotatable bonds is 7. The molecule has 5 heteroatoms. The van der Waals surface area contributed by atoms with Gasteiger partial charge in [0.25, 0.3) is 0 Å². The Bertz CT molecular complexity index is 527. The molecule has 128 valence electrons. The molecule has 0 radical (unpaired) electrons. The van der Waals surface area contributed by atoms with E-state index in [2.05, 4.69) is 16.3 Å². The third-order valence-electron chi connectivity index (χ3n) is 4.56. The highest BCUT2D eigenvalue weighted by atomic mass is 35.5. The fourth-order valence-electron chi connectivity index (χ4n) is 3.25. The average molecular weight is 338 g/mol. The van der Waals surface area contributed by atoms with Gasteiger partial charge in [-0.25, -0.2) is 0 Å². The number of carbonyl (C=O) groups excluding carboxylic acids is 1. The molecule has 23 heavy (non-hydrogen) atoms. The van der Waals surface area contributed by atoms with Gasteiger partial charge in [-0.05, 0) is 57.0 Å². The van der Waals surface area contributed by atoms with Crippen molar-refractivity contribution in [1.82, 2.24) is 10.2 Å². The van der Waals surface area contributed by atoms with Crippen LogP contribution in [-0.2, 0) is 4.79 Å². The average Bonchev–Trinajstić information content (AvgIpc) is 3.01. The van der Waals surface area contributed by atoms with Crippen LogP contribution in [0.2, 0.25) is 5.02 Å². The third-order valence-corrected chi connectivity index (χ3v) is 4.79. The van der Waals surface area contributed by atoms with Crippen LogP contribution < -0.4 is 11.1 Å². The van der Waals surface area contributed by atoms with Gasteiger partial charge in [0.15, 0.2) is 0 Å². The minimum atomic E-state index is -0.807. The normalized spacial score (nSPS) is 19.3. The first-order chi connectivity index (χ1) is 10.9. The fraction of sp³-hybridized carbons (Fsp3) is 0.611. The minimum absolute atomic E-state index is 0.0782. The molecule has 1 aliphatic heterocycles. The predicted octanol–water partition coefficient (Wildman–Crippen LogP) is 3.11. The second-order valence-corrected chi connectivity index (χ2v) is 7.13. The number of nitrogens with zero attached hydrogens (tertiary/aromatic N) is 1. The van der Waals surface area contributed by atoms with Crippen molar-refractivity contribution >= 4 is 17.5 Å². The summed E-state index contributed by atoms with van der Waals surface area (Å²) in [6.07, 6.45) is 3.99. The Hall–Kier alpha value is -1.10. The van der Waals surface area contributed by atoms with E-state index in [0.717, 1.165) is 30.1 Å². The van der Waals surface area contributed by atoms with E-state index in [1.165, 1.54) is 12.8 Å². The van der Waals surface area contributed by atoms with E-state index in [-0.39, 0.29) is 11.9 Å². The maximum Gasteiger partial charge on any atom is 0.239 e.